The van der Waals surface area contributed by atoms with E-state index in [0.29, 0.717) is 12.0 Å². The van der Waals surface area contributed by atoms with Crippen molar-refractivity contribution in [3.8, 4) is 0 Å². The number of hydrogen-bond donors (Lipinski definition) is 1. The molecule has 2 aliphatic rings. The minimum absolute atomic E-state index is 0.0888. The molecular formula is C11H14N4O2. The van der Waals surface area contributed by atoms with Crippen molar-refractivity contribution in [2.24, 2.45) is 5.92 Å². The summed E-state index contributed by atoms with van der Waals surface area (Å²) < 4.78 is 0. The maximum atomic E-state index is 10.5. The Kier molecular flexibility index (Phi) is 2.44. The molecule has 1 aromatic heterocycles. The average Bonchev–Trinajstić information content (AvgIpc) is 2.90. The highest BCUT2D eigenvalue weighted by atomic mass is 16.6. The SMILES string of the molecule is O=[N+]([O-])c1ccc(N2CC[C@@H]3CNC[C@@H]32)cn1. The number of nitrogens with one attached hydrogen (secondary N) is 1. The van der Waals surface area contributed by atoms with Gasteiger partial charge in [0.15, 0.2) is 6.20 Å². The summed E-state index contributed by atoms with van der Waals surface area (Å²) >= 11 is 0. The number of fused-ring (bicyclic) bond motifs is 1. The van der Waals surface area contributed by atoms with Crippen LogP contribution in [-0.2, 0) is 0 Å². The predicted octanol–water partition coefficient (Wildman–Crippen LogP) is 0.788. The summed E-state index contributed by atoms with van der Waals surface area (Å²) in [6.07, 6.45) is 2.80. The number of nitro groups is 1. The molecule has 1 aromatic rings. The second kappa shape index (κ2) is 3.96. The van der Waals surface area contributed by atoms with Gasteiger partial charge in [0.1, 0.15) is 0 Å². The van der Waals surface area contributed by atoms with E-state index in [9.17, 15) is 10.1 Å². The lowest BCUT2D eigenvalue weighted by molar-refractivity contribution is -0.389. The molecule has 2 saturated heterocycles. The first-order valence-corrected chi connectivity index (χ1v) is 5.83. The molecule has 0 saturated carbocycles. The summed E-state index contributed by atoms with van der Waals surface area (Å²) in [5, 5.41) is 13.9. The number of hydrogen-bond acceptors (Lipinski definition) is 5. The van der Waals surface area contributed by atoms with Crippen LogP contribution in [0.2, 0.25) is 0 Å². The van der Waals surface area contributed by atoms with Gasteiger partial charge in [0.25, 0.3) is 0 Å². The van der Waals surface area contributed by atoms with E-state index in [1.165, 1.54) is 12.5 Å². The Morgan fingerprint density at radius 2 is 2.35 bits per heavy atom. The lowest BCUT2D eigenvalue weighted by Gasteiger charge is -2.24. The van der Waals surface area contributed by atoms with Crippen molar-refractivity contribution in [2.75, 3.05) is 24.5 Å². The molecule has 0 aromatic carbocycles. The molecule has 1 N–H and O–H groups in total. The second-order valence-corrected chi connectivity index (χ2v) is 4.60. The van der Waals surface area contributed by atoms with Gasteiger partial charge in [-0.2, -0.15) is 0 Å². The zero-order valence-electron chi connectivity index (χ0n) is 9.37. The molecule has 0 radical (unpaired) electrons. The molecule has 6 nitrogen and oxygen atoms in total. The maximum Gasteiger partial charge on any atom is 0.363 e. The Morgan fingerprint density at radius 1 is 1.47 bits per heavy atom. The normalized spacial score (nSPS) is 27.2. The zero-order chi connectivity index (χ0) is 11.8. The summed E-state index contributed by atoms with van der Waals surface area (Å²) in [7, 11) is 0. The lowest BCUT2D eigenvalue weighted by Crippen LogP contribution is -2.34. The second-order valence-electron chi connectivity index (χ2n) is 4.60. The number of pyridine rings is 1. The molecule has 3 heterocycles. The first-order chi connectivity index (χ1) is 8.25. The van der Waals surface area contributed by atoms with Crippen molar-refractivity contribution >= 4 is 11.5 Å². The fraction of sp³-hybridized carbons (Fsp3) is 0.545. The molecular weight excluding hydrogens is 220 g/mol. The van der Waals surface area contributed by atoms with E-state index in [-0.39, 0.29) is 5.82 Å². The third kappa shape index (κ3) is 1.74. The maximum absolute atomic E-state index is 10.5. The van der Waals surface area contributed by atoms with Crippen LogP contribution in [0.1, 0.15) is 6.42 Å². The summed E-state index contributed by atoms with van der Waals surface area (Å²) in [5.74, 6) is 0.624. The molecule has 0 spiro atoms. The zero-order valence-corrected chi connectivity index (χ0v) is 9.37. The Bertz CT molecular complexity index is 434. The van der Waals surface area contributed by atoms with Crippen molar-refractivity contribution in [1.82, 2.24) is 10.3 Å². The highest BCUT2D eigenvalue weighted by Gasteiger charge is 2.37. The van der Waals surface area contributed by atoms with E-state index < -0.39 is 4.92 Å². The predicted molar refractivity (Wildman–Crippen MR) is 63.0 cm³/mol. The van der Waals surface area contributed by atoms with Crippen LogP contribution >= 0.6 is 0 Å². The van der Waals surface area contributed by atoms with Gasteiger partial charge in [-0.05, 0) is 28.3 Å². The average molecular weight is 234 g/mol. The van der Waals surface area contributed by atoms with Crippen LogP contribution in [-0.4, -0.2) is 35.6 Å². The lowest BCUT2D eigenvalue weighted by atomic mass is 10.1. The summed E-state index contributed by atoms with van der Waals surface area (Å²) in [5.41, 5.74) is 0.992. The molecule has 2 aliphatic heterocycles. The largest absolute Gasteiger partial charge is 0.364 e. The fourth-order valence-electron chi connectivity index (χ4n) is 2.83. The van der Waals surface area contributed by atoms with Crippen LogP contribution < -0.4 is 10.2 Å². The smallest absolute Gasteiger partial charge is 0.363 e. The Morgan fingerprint density at radius 3 is 3.06 bits per heavy atom. The monoisotopic (exact) mass is 234 g/mol. The van der Waals surface area contributed by atoms with Gasteiger partial charge in [-0.1, -0.05) is 0 Å². The first-order valence-electron chi connectivity index (χ1n) is 5.83. The van der Waals surface area contributed by atoms with E-state index in [0.717, 1.165) is 25.3 Å². The van der Waals surface area contributed by atoms with Crippen LogP contribution in [0.25, 0.3) is 0 Å². The van der Waals surface area contributed by atoms with Crippen molar-refractivity contribution in [1.29, 1.82) is 0 Å². The van der Waals surface area contributed by atoms with E-state index in [1.807, 2.05) is 0 Å². The van der Waals surface area contributed by atoms with Crippen molar-refractivity contribution in [3.05, 3.63) is 28.4 Å². The number of nitrogens with zero attached hydrogens (tertiary/aromatic N) is 3. The van der Waals surface area contributed by atoms with Gasteiger partial charge >= 0.3 is 5.82 Å². The number of rotatable bonds is 2. The molecule has 2 fully saturated rings. The van der Waals surface area contributed by atoms with Gasteiger partial charge in [-0.3, -0.25) is 0 Å². The molecule has 0 bridgehead atoms. The third-order valence-corrected chi connectivity index (χ3v) is 3.70. The van der Waals surface area contributed by atoms with Gasteiger partial charge in [-0.15, -0.1) is 0 Å². The minimum atomic E-state index is -0.465. The molecule has 2 atom stereocenters. The first kappa shape index (κ1) is 10.5. The fourth-order valence-corrected chi connectivity index (χ4v) is 2.83. The van der Waals surface area contributed by atoms with Crippen molar-refractivity contribution < 1.29 is 4.92 Å². The van der Waals surface area contributed by atoms with Crippen LogP contribution in [0.4, 0.5) is 11.5 Å². The standard InChI is InChI=1S/C11H14N4O2/c16-15(17)11-2-1-9(6-13-11)14-4-3-8-5-12-7-10(8)14/h1-2,6,8,10,12H,3-5,7H2/t8-,10+/m1/s1. The van der Waals surface area contributed by atoms with Gasteiger partial charge in [0.2, 0.25) is 0 Å². The van der Waals surface area contributed by atoms with Gasteiger partial charge in [0, 0.05) is 31.7 Å². The highest BCUT2D eigenvalue weighted by Crippen LogP contribution is 2.31. The van der Waals surface area contributed by atoms with Crippen LogP contribution in [0.15, 0.2) is 18.3 Å². The van der Waals surface area contributed by atoms with Crippen molar-refractivity contribution in [2.45, 2.75) is 12.5 Å². The molecule has 90 valence electrons. The number of anilines is 1. The Labute approximate surface area is 98.8 Å². The Balaban J connectivity index is 1.82. The van der Waals surface area contributed by atoms with Crippen molar-refractivity contribution in [3.63, 3.8) is 0 Å². The summed E-state index contributed by atoms with van der Waals surface area (Å²) in [4.78, 5) is 16.3. The molecule has 17 heavy (non-hydrogen) atoms. The minimum Gasteiger partial charge on any atom is -0.364 e. The van der Waals surface area contributed by atoms with E-state index >= 15 is 0 Å². The highest BCUT2D eigenvalue weighted by molar-refractivity contribution is 5.49. The summed E-state index contributed by atoms with van der Waals surface area (Å²) in [6, 6.07) is 3.80. The van der Waals surface area contributed by atoms with Crippen LogP contribution in [0.3, 0.4) is 0 Å². The molecule has 3 rings (SSSR count). The summed E-state index contributed by atoms with van der Waals surface area (Å²) in [6.45, 7) is 3.11. The van der Waals surface area contributed by atoms with Gasteiger partial charge in [-0.25, -0.2) is 0 Å². The van der Waals surface area contributed by atoms with Crippen LogP contribution in [0, 0.1) is 16.0 Å². The topological polar surface area (TPSA) is 71.3 Å². The molecule has 0 unspecified atom stereocenters. The van der Waals surface area contributed by atoms with Gasteiger partial charge < -0.3 is 20.3 Å². The van der Waals surface area contributed by atoms with Crippen LogP contribution in [0.5, 0.6) is 0 Å². The molecule has 6 heteroatoms. The van der Waals surface area contributed by atoms with Gasteiger partial charge in [0.05, 0.1) is 5.69 Å². The van der Waals surface area contributed by atoms with E-state index in [1.54, 1.807) is 12.3 Å². The molecule has 0 aliphatic carbocycles. The number of aromatic nitrogens is 1. The third-order valence-electron chi connectivity index (χ3n) is 3.70. The molecule has 0 amide bonds. The van der Waals surface area contributed by atoms with E-state index in [2.05, 4.69) is 15.2 Å². The van der Waals surface area contributed by atoms with E-state index in [4.69, 9.17) is 0 Å². The quantitative estimate of drug-likeness (QED) is 0.605. The Hall–Kier alpha value is -1.69.